The third-order valence-electron chi connectivity index (χ3n) is 3.14. The fourth-order valence-electron chi connectivity index (χ4n) is 2.36. The Morgan fingerprint density at radius 2 is 2.00 bits per heavy atom. The molecule has 0 unspecified atom stereocenters. The van der Waals surface area contributed by atoms with E-state index in [0.717, 1.165) is 0 Å². The van der Waals surface area contributed by atoms with Gasteiger partial charge < -0.3 is 9.67 Å². The monoisotopic (exact) mass is 295 g/mol. The Labute approximate surface area is 117 Å². The Morgan fingerprint density at radius 3 is 2.50 bits per heavy atom. The fourth-order valence-corrected chi connectivity index (χ4v) is 3.16. The van der Waals surface area contributed by atoms with Gasteiger partial charge in [-0.2, -0.15) is 0 Å². The summed E-state index contributed by atoms with van der Waals surface area (Å²) < 4.78 is 24.9. The molecule has 6 heteroatoms. The number of aromatic carboxylic acids is 1. The largest absolute Gasteiger partial charge is 0.478 e. The van der Waals surface area contributed by atoms with Gasteiger partial charge in [0.2, 0.25) is 0 Å². The highest BCUT2D eigenvalue weighted by Gasteiger charge is 2.19. The van der Waals surface area contributed by atoms with Gasteiger partial charge in [0.25, 0.3) is 0 Å². The maximum absolute atomic E-state index is 11.5. The van der Waals surface area contributed by atoms with Crippen molar-refractivity contribution in [1.29, 1.82) is 0 Å². The van der Waals surface area contributed by atoms with Crippen LogP contribution in [0.15, 0.2) is 24.4 Å². The summed E-state index contributed by atoms with van der Waals surface area (Å²) in [6.07, 6.45) is 2.91. The summed E-state index contributed by atoms with van der Waals surface area (Å²) in [5, 5.41) is 9.98. The number of fused-ring (bicyclic) bond motifs is 1. The topological polar surface area (TPSA) is 76.4 Å². The number of aromatic nitrogens is 1. The zero-order chi connectivity index (χ0) is 15.1. The molecule has 1 heterocycles. The zero-order valence-electron chi connectivity index (χ0n) is 11.6. The second-order valence-electron chi connectivity index (χ2n) is 5.23. The molecule has 5 nitrogen and oxygen atoms in total. The van der Waals surface area contributed by atoms with Gasteiger partial charge in [0, 0.05) is 23.9 Å². The van der Waals surface area contributed by atoms with E-state index >= 15 is 0 Å². The summed E-state index contributed by atoms with van der Waals surface area (Å²) in [7, 11) is -3.17. The van der Waals surface area contributed by atoms with E-state index in [4.69, 9.17) is 0 Å². The zero-order valence-corrected chi connectivity index (χ0v) is 12.4. The van der Waals surface area contributed by atoms with Gasteiger partial charge in [0.05, 0.1) is 16.8 Å². The first-order chi connectivity index (χ1) is 9.20. The molecule has 0 aliphatic rings. The van der Waals surface area contributed by atoms with E-state index in [1.807, 2.05) is 18.4 Å². The van der Waals surface area contributed by atoms with Gasteiger partial charge >= 0.3 is 5.97 Å². The Bertz CT molecular complexity index is 772. The number of sulfone groups is 1. The molecule has 2 aromatic rings. The highest BCUT2D eigenvalue weighted by Crippen LogP contribution is 2.29. The lowest BCUT2D eigenvalue weighted by Crippen LogP contribution is -2.04. The van der Waals surface area contributed by atoms with Gasteiger partial charge in [-0.15, -0.1) is 0 Å². The number of hydrogen-bond donors (Lipinski definition) is 1. The van der Waals surface area contributed by atoms with Crippen LogP contribution in [0.5, 0.6) is 0 Å². The molecular formula is C14H17NO4S. The molecule has 0 atom stereocenters. The van der Waals surface area contributed by atoms with E-state index in [-0.39, 0.29) is 17.4 Å². The molecule has 20 heavy (non-hydrogen) atoms. The Morgan fingerprint density at radius 1 is 1.35 bits per heavy atom. The highest BCUT2D eigenvalue weighted by molar-refractivity contribution is 7.89. The predicted octanol–water partition coefficient (Wildman–Crippen LogP) is 2.46. The lowest BCUT2D eigenvalue weighted by Gasteiger charge is -2.10. The summed E-state index contributed by atoms with van der Waals surface area (Å²) in [4.78, 5) is 11.4. The maximum Gasteiger partial charge on any atom is 0.337 e. The normalized spacial score (nSPS) is 12.2. The number of carboxylic acids is 1. The number of para-hydroxylation sites is 1. The molecule has 0 aliphatic carbocycles. The molecule has 0 spiro atoms. The summed E-state index contributed by atoms with van der Waals surface area (Å²) in [6, 6.07) is 4.99. The SMILES string of the molecule is CC(C)n1cc(CS(C)(=O)=O)c2cccc(C(=O)O)c21. The second-order valence-corrected chi connectivity index (χ2v) is 7.37. The van der Waals surface area contributed by atoms with Crippen molar-refractivity contribution in [2.45, 2.75) is 25.6 Å². The number of carbonyl (C=O) groups is 1. The minimum Gasteiger partial charge on any atom is -0.478 e. The van der Waals surface area contributed by atoms with Gasteiger partial charge in [-0.3, -0.25) is 0 Å². The quantitative estimate of drug-likeness (QED) is 0.940. The van der Waals surface area contributed by atoms with Crippen molar-refractivity contribution in [2.24, 2.45) is 0 Å². The molecule has 2 rings (SSSR count). The first kappa shape index (κ1) is 14.6. The van der Waals surface area contributed by atoms with Crippen LogP contribution in [0, 0.1) is 0 Å². The molecule has 0 fully saturated rings. The van der Waals surface area contributed by atoms with Crippen LogP contribution < -0.4 is 0 Å². The van der Waals surface area contributed by atoms with Crippen molar-refractivity contribution in [3.63, 3.8) is 0 Å². The molecule has 108 valence electrons. The number of rotatable bonds is 4. The van der Waals surface area contributed by atoms with Gasteiger partial charge in [-0.05, 0) is 25.5 Å². The van der Waals surface area contributed by atoms with E-state index in [2.05, 4.69) is 0 Å². The average Bonchev–Trinajstić information content (AvgIpc) is 2.66. The van der Waals surface area contributed by atoms with Gasteiger partial charge in [0.1, 0.15) is 0 Å². The van der Waals surface area contributed by atoms with Crippen LogP contribution in [-0.2, 0) is 15.6 Å². The average molecular weight is 295 g/mol. The molecule has 0 bridgehead atoms. The third-order valence-corrected chi connectivity index (χ3v) is 3.97. The minimum atomic E-state index is -3.17. The molecule has 0 saturated carbocycles. The second kappa shape index (κ2) is 4.94. The highest BCUT2D eigenvalue weighted by atomic mass is 32.2. The van der Waals surface area contributed by atoms with Gasteiger partial charge in [-0.1, -0.05) is 12.1 Å². The number of nitrogens with zero attached hydrogens (tertiary/aromatic N) is 1. The Balaban J connectivity index is 2.81. The van der Waals surface area contributed by atoms with Gasteiger partial charge in [-0.25, -0.2) is 13.2 Å². The van der Waals surface area contributed by atoms with E-state index in [1.165, 1.54) is 12.3 Å². The summed E-state index contributed by atoms with van der Waals surface area (Å²) >= 11 is 0. The Hall–Kier alpha value is -1.82. The van der Waals surface area contributed by atoms with Crippen LogP contribution in [0.4, 0.5) is 0 Å². The van der Waals surface area contributed by atoms with Crippen molar-refractivity contribution in [2.75, 3.05) is 6.26 Å². The van der Waals surface area contributed by atoms with Crippen LogP contribution in [0.2, 0.25) is 0 Å². The molecule has 0 saturated heterocycles. The fraction of sp³-hybridized carbons (Fsp3) is 0.357. The molecule has 1 N–H and O–H groups in total. The van der Waals surface area contributed by atoms with Gasteiger partial charge in [0.15, 0.2) is 9.84 Å². The Kier molecular flexibility index (Phi) is 3.60. The summed E-state index contributed by atoms with van der Waals surface area (Å²) in [5.74, 6) is -1.10. The van der Waals surface area contributed by atoms with Crippen molar-refractivity contribution < 1.29 is 18.3 Å². The van der Waals surface area contributed by atoms with Crippen LogP contribution in [0.25, 0.3) is 10.9 Å². The summed E-state index contributed by atoms with van der Waals surface area (Å²) in [6.45, 7) is 3.87. The lowest BCUT2D eigenvalue weighted by molar-refractivity contribution is 0.0698. The van der Waals surface area contributed by atoms with Crippen LogP contribution in [0.3, 0.4) is 0 Å². The van der Waals surface area contributed by atoms with Crippen molar-refractivity contribution in [1.82, 2.24) is 4.57 Å². The molecular weight excluding hydrogens is 278 g/mol. The van der Waals surface area contributed by atoms with Crippen molar-refractivity contribution in [3.05, 3.63) is 35.5 Å². The van der Waals surface area contributed by atoms with Crippen molar-refractivity contribution >= 4 is 26.7 Å². The standard InChI is InChI=1S/C14H17NO4S/c1-9(2)15-7-10(8-20(3,18)19)11-5-4-6-12(13(11)15)14(16)17/h4-7,9H,8H2,1-3H3,(H,16,17). The van der Waals surface area contributed by atoms with E-state index < -0.39 is 15.8 Å². The first-order valence-corrected chi connectivity index (χ1v) is 8.30. The molecule has 0 radical (unpaired) electrons. The number of carboxylic acid groups (broad SMARTS) is 1. The lowest BCUT2D eigenvalue weighted by atomic mass is 10.1. The smallest absolute Gasteiger partial charge is 0.337 e. The van der Waals surface area contributed by atoms with E-state index in [0.29, 0.717) is 16.5 Å². The number of benzene rings is 1. The number of hydrogen-bond acceptors (Lipinski definition) is 3. The minimum absolute atomic E-state index is 0.0475. The van der Waals surface area contributed by atoms with E-state index in [9.17, 15) is 18.3 Å². The van der Waals surface area contributed by atoms with Crippen LogP contribution in [-0.4, -0.2) is 30.3 Å². The molecule has 1 aromatic carbocycles. The van der Waals surface area contributed by atoms with Crippen LogP contribution >= 0.6 is 0 Å². The molecule has 0 aliphatic heterocycles. The third kappa shape index (κ3) is 2.70. The maximum atomic E-state index is 11.5. The summed E-state index contributed by atoms with van der Waals surface area (Å²) in [5.41, 5.74) is 1.41. The van der Waals surface area contributed by atoms with E-state index in [1.54, 1.807) is 18.3 Å². The van der Waals surface area contributed by atoms with Crippen LogP contribution in [0.1, 0.15) is 35.8 Å². The predicted molar refractivity (Wildman–Crippen MR) is 77.8 cm³/mol. The first-order valence-electron chi connectivity index (χ1n) is 6.24. The van der Waals surface area contributed by atoms with Crippen molar-refractivity contribution in [3.8, 4) is 0 Å². The molecule has 1 aromatic heterocycles. The molecule has 0 amide bonds.